The molecule has 17 heavy (non-hydrogen) atoms. The number of thiophene rings is 1. The van der Waals surface area contributed by atoms with Gasteiger partial charge in [0.25, 0.3) is 0 Å². The van der Waals surface area contributed by atoms with Crippen LogP contribution in [0.5, 0.6) is 0 Å². The van der Waals surface area contributed by atoms with Gasteiger partial charge in [-0.05, 0) is 68.2 Å². The second kappa shape index (κ2) is 6.18. The fraction of sp³-hybridized carbons (Fsp3) is 0.692. The van der Waals surface area contributed by atoms with Gasteiger partial charge >= 0.3 is 0 Å². The maximum atomic E-state index is 6.43. The number of rotatable bonds is 3. The van der Waals surface area contributed by atoms with E-state index in [1.165, 1.54) is 41.5 Å². The lowest BCUT2D eigenvalue weighted by Gasteiger charge is -2.31. The van der Waals surface area contributed by atoms with Crippen LogP contribution in [0.15, 0.2) is 13.6 Å². The Hall–Kier alpha value is 0.620. The zero-order chi connectivity index (χ0) is 12.4. The van der Waals surface area contributed by atoms with Crippen molar-refractivity contribution in [2.75, 3.05) is 0 Å². The van der Waals surface area contributed by atoms with E-state index in [9.17, 15) is 0 Å². The molecule has 1 aromatic rings. The Morgan fingerprint density at radius 2 is 2.00 bits per heavy atom. The molecule has 1 aliphatic carbocycles. The Labute approximate surface area is 124 Å². The van der Waals surface area contributed by atoms with Crippen LogP contribution in [0.1, 0.15) is 50.6 Å². The van der Waals surface area contributed by atoms with Gasteiger partial charge in [-0.3, -0.25) is 0 Å². The highest BCUT2D eigenvalue weighted by molar-refractivity contribution is 9.12. The molecule has 96 valence electrons. The molecule has 2 N–H and O–H groups in total. The van der Waals surface area contributed by atoms with Crippen LogP contribution in [-0.4, -0.2) is 0 Å². The summed E-state index contributed by atoms with van der Waals surface area (Å²) in [4.78, 5) is 0. The van der Waals surface area contributed by atoms with Crippen LogP contribution >= 0.6 is 43.2 Å². The van der Waals surface area contributed by atoms with Crippen molar-refractivity contribution in [3.63, 3.8) is 0 Å². The molecule has 1 nitrogen and oxygen atoms in total. The summed E-state index contributed by atoms with van der Waals surface area (Å²) in [6, 6.07) is 2.37. The highest BCUT2D eigenvalue weighted by Gasteiger charge is 2.27. The summed E-state index contributed by atoms with van der Waals surface area (Å²) in [5, 5.41) is 0. The fourth-order valence-electron chi connectivity index (χ4n) is 2.79. The fourth-order valence-corrected chi connectivity index (χ4v) is 5.75. The standard InChI is InChI=1S/C13H19Br2NS/c1-2-8-3-5-9(6-4-8)12(16)10-7-11(14)17-13(10)15/h7-9,12H,2-6,16H2,1H3. The molecule has 1 aliphatic rings. The molecule has 0 amide bonds. The third-order valence-corrected chi connectivity index (χ3v) is 6.40. The zero-order valence-electron chi connectivity index (χ0n) is 10.1. The summed E-state index contributed by atoms with van der Waals surface area (Å²) >= 11 is 8.87. The molecule has 1 heterocycles. The first kappa shape index (κ1) is 14.0. The first-order valence-corrected chi connectivity index (χ1v) is 8.72. The van der Waals surface area contributed by atoms with Gasteiger partial charge in [0.2, 0.25) is 0 Å². The molecule has 0 bridgehead atoms. The van der Waals surface area contributed by atoms with E-state index in [1.807, 2.05) is 0 Å². The molecule has 4 heteroatoms. The first-order chi connectivity index (χ1) is 8.11. The normalized spacial score (nSPS) is 27.1. The Bertz CT molecular complexity index is 369. The van der Waals surface area contributed by atoms with Gasteiger partial charge in [-0.25, -0.2) is 0 Å². The van der Waals surface area contributed by atoms with Gasteiger partial charge in [-0.15, -0.1) is 11.3 Å². The lowest BCUT2D eigenvalue weighted by Crippen LogP contribution is -2.25. The van der Waals surface area contributed by atoms with Crippen LogP contribution in [0.2, 0.25) is 0 Å². The molecular weight excluding hydrogens is 362 g/mol. The summed E-state index contributed by atoms with van der Waals surface area (Å²) in [6.45, 7) is 2.30. The third-order valence-electron chi connectivity index (χ3n) is 4.02. The molecule has 0 spiro atoms. The average molecular weight is 381 g/mol. The summed E-state index contributed by atoms with van der Waals surface area (Å²) in [6.07, 6.45) is 6.63. The predicted octanol–water partition coefficient (Wildman–Crippen LogP) is 5.49. The number of nitrogens with two attached hydrogens (primary N) is 1. The van der Waals surface area contributed by atoms with Crippen molar-refractivity contribution < 1.29 is 0 Å². The van der Waals surface area contributed by atoms with Crippen molar-refractivity contribution in [2.24, 2.45) is 17.6 Å². The molecule has 1 unspecified atom stereocenters. The Morgan fingerprint density at radius 1 is 1.35 bits per heavy atom. The molecule has 2 rings (SSSR count). The minimum atomic E-state index is 0.199. The van der Waals surface area contributed by atoms with Crippen LogP contribution in [0.4, 0.5) is 0 Å². The van der Waals surface area contributed by atoms with Crippen molar-refractivity contribution in [1.82, 2.24) is 0 Å². The highest BCUT2D eigenvalue weighted by atomic mass is 79.9. The summed E-state index contributed by atoms with van der Waals surface area (Å²) in [5.74, 6) is 1.60. The number of hydrogen-bond donors (Lipinski definition) is 1. The van der Waals surface area contributed by atoms with E-state index in [2.05, 4.69) is 44.8 Å². The van der Waals surface area contributed by atoms with Crippen LogP contribution in [0, 0.1) is 11.8 Å². The van der Waals surface area contributed by atoms with Gasteiger partial charge in [0, 0.05) is 6.04 Å². The van der Waals surface area contributed by atoms with Gasteiger partial charge in [-0.1, -0.05) is 26.2 Å². The maximum absolute atomic E-state index is 6.43. The lowest BCUT2D eigenvalue weighted by atomic mass is 9.76. The van der Waals surface area contributed by atoms with E-state index in [1.54, 1.807) is 11.3 Å². The molecule has 1 aromatic heterocycles. The second-order valence-electron chi connectivity index (χ2n) is 4.99. The summed E-state index contributed by atoms with van der Waals surface area (Å²) in [7, 11) is 0. The lowest BCUT2D eigenvalue weighted by molar-refractivity contribution is 0.240. The summed E-state index contributed by atoms with van der Waals surface area (Å²) in [5.41, 5.74) is 7.71. The van der Waals surface area contributed by atoms with E-state index in [4.69, 9.17) is 5.73 Å². The van der Waals surface area contributed by atoms with Crippen LogP contribution in [0.3, 0.4) is 0 Å². The van der Waals surface area contributed by atoms with E-state index in [0.717, 1.165) is 9.70 Å². The number of halogens is 2. The van der Waals surface area contributed by atoms with Crippen LogP contribution in [0.25, 0.3) is 0 Å². The molecule has 0 radical (unpaired) electrons. The van der Waals surface area contributed by atoms with Gasteiger partial charge in [-0.2, -0.15) is 0 Å². The van der Waals surface area contributed by atoms with Crippen molar-refractivity contribution in [1.29, 1.82) is 0 Å². The average Bonchev–Trinajstić information content (AvgIpc) is 2.68. The Morgan fingerprint density at radius 3 is 2.47 bits per heavy atom. The molecule has 0 aliphatic heterocycles. The van der Waals surface area contributed by atoms with Gasteiger partial charge < -0.3 is 5.73 Å². The second-order valence-corrected chi connectivity index (χ2v) is 8.74. The molecule has 0 saturated heterocycles. The van der Waals surface area contributed by atoms with E-state index >= 15 is 0 Å². The monoisotopic (exact) mass is 379 g/mol. The van der Waals surface area contributed by atoms with E-state index in [-0.39, 0.29) is 6.04 Å². The molecular formula is C13H19Br2NS. The predicted molar refractivity (Wildman–Crippen MR) is 82.4 cm³/mol. The Balaban J connectivity index is 2.01. The highest BCUT2D eigenvalue weighted by Crippen LogP contribution is 2.42. The van der Waals surface area contributed by atoms with Crippen molar-refractivity contribution in [2.45, 2.75) is 45.1 Å². The van der Waals surface area contributed by atoms with Gasteiger partial charge in [0.05, 0.1) is 7.57 Å². The molecule has 1 atom stereocenters. The topological polar surface area (TPSA) is 26.0 Å². The molecule has 1 saturated carbocycles. The minimum absolute atomic E-state index is 0.199. The van der Waals surface area contributed by atoms with Crippen molar-refractivity contribution in [3.8, 4) is 0 Å². The first-order valence-electron chi connectivity index (χ1n) is 6.32. The number of hydrogen-bond acceptors (Lipinski definition) is 2. The summed E-state index contributed by atoms with van der Waals surface area (Å²) < 4.78 is 2.35. The quantitative estimate of drug-likeness (QED) is 0.736. The smallest absolute Gasteiger partial charge is 0.0758 e. The largest absolute Gasteiger partial charge is 0.324 e. The van der Waals surface area contributed by atoms with Crippen molar-refractivity contribution >= 4 is 43.2 Å². The van der Waals surface area contributed by atoms with Gasteiger partial charge in [0.1, 0.15) is 0 Å². The van der Waals surface area contributed by atoms with Gasteiger partial charge in [0.15, 0.2) is 0 Å². The van der Waals surface area contributed by atoms with Crippen molar-refractivity contribution in [3.05, 3.63) is 19.2 Å². The minimum Gasteiger partial charge on any atom is -0.324 e. The third kappa shape index (κ3) is 3.34. The van der Waals surface area contributed by atoms with Crippen LogP contribution in [-0.2, 0) is 0 Å². The molecule has 1 fully saturated rings. The Kier molecular flexibility index (Phi) is 5.10. The zero-order valence-corrected chi connectivity index (χ0v) is 14.1. The van der Waals surface area contributed by atoms with E-state index < -0.39 is 0 Å². The SMILES string of the molecule is CCC1CCC(C(N)c2cc(Br)sc2Br)CC1. The van der Waals surface area contributed by atoms with Crippen LogP contribution < -0.4 is 5.73 Å². The van der Waals surface area contributed by atoms with E-state index in [0.29, 0.717) is 5.92 Å². The maximum Gasteiger partial charge on any atom is 0.0758 e. The molecule has 0 aromatic carbocycles.